The molecule has 0 bridgehead atoms. The summed E-state index contributed by atoms with van der Waals surface area (Å²) in [5.41, 5.74) is 0. The Morgan fingerprint density at radius 1 is 0.248 bits per heavy atom. The lowest BCUT2D eigenvalue weighted by atomic mass is 10.0. The summed E-state index contributed by atoms with van der Waals surface area (Å²) in [7, 11) is -9.82. The second-order valence-electron chi connectivity index (χ2n) is 30.3. The van der Waals surface area contributed by atoms with Crippen molar-refractivity contribution in [1.29, 1.82) is 0 Å². The van der Waals surface area contributed by atoms with E-state index in [-0.39, 0.29) is 19.3 Å². The number of hydrogen-bond acceptors (Lipinski definition) is 14. The maximum atomic E-state index is 13.1. The molecule has 668 valence electrons. The number of aliphatic hydroxyl groups is 2. The van der Waals surface area contributed by atoms with Gasteiger partial charge in [-0.3, -0.25) is 32.5 Å². The van der Waals surface area contributed by atoms with Crippen LogP contribution in [0, 0.1) is 0 Å². The minimum Gasteiger partial charge on any atom is -0.463 e. The van der Waals surface area contributed by atoms with Crippen molar-refractivity contribution in [2.45, 2.75) is 386 Å². The monoisotopic (exact) mass is 1670 g/mol. The highest BCUT2D eigenvalue weighted by molar-refractivity contribution is 7.47. The van der Waals surface area contributed by atoms with Crippen molar-refractivity contribution in [2.75, 3.05) is 39.6 Å². The number of ether oxygens (including phenoxy) is 3. The second-order valence-corrected chi connectivity index (χ2v) is 33.2. The Hall–Kier alpha value is -5.35. The zero-order valence-electron chi connectivity index (χ0n) is 73.6. The number of allylic oxidation sites excluding steroid dienone is 30. The number of phosphoric acid groups is 2. The first-order chi connectivity index (χ1) is 57.2. The van der Waals surface area contributed by atoms with Crippen molar-refractivity contribution in [1.82, 2.24) is 0 Å². The summed E-state index contributed by atoms with van der Waals surface area (Å²) in [5.74, 6) is -1.59. The number of aliphatic hydroxyl groups excluding tert-OH is 2. The molecule has 0 amide bonds. The van der Waals surface area contributed by atoms with Gasteiger partial charge >= 0.3 is 33.6 Å². The molecule has 5 atom stereocenters. The molecule has 18 heteroatoms. The zero-order chi connectivity index (χ0) is 85.1. The highest BCUT2D eigenvalue weighted by Gasteiger charge is 2.29. The van der Waals surface area contributed by atoms with Crippen molar-refractivity contribution in [3.05, 3.63) is 182 Å². The first-order valence-electron chi connectivity index (χ1n) is 46.1. The molecular weight excluding hydrogens is 1510 g/mol. The van der Waals surface area contributed by atoms with Gasteiger partial charge < -0.3 is 34.2 Å². The average molecular weight is 1670 g/mol. The van der Waals surface area contributed by atoms with Crippen LogP contribution in [0.2, 0.25) is 0 Å². The number of phosphoric ester groups is 2. The smallest absolute Gasteiger partial charge is 0.463 e. The van der Waals surface area contributed by atoms with Crippen molar-refractivity contribution in [2.24, 2.45) is 0 Å². The van der Waals surface area contributed by atoms with E-state index in [0.717, 1.165) is 186 Å². The predicted octanol–water partition coefficient (Wildman–Crippen LogP) is 28.4. The number of hydrogen-bond donors (Lipinski definition) is 4. The molecule has 4 N–H and O–H groups in total. The zero-order valence-corrected chi connectivity index (χ0v) is 75.4. The first kappa shape index (κ1) is 112. The van der Waals surface area contributed by atoms with Gasteiger partial charge in [0.25, 0.3) is 0 Å². The van der Waals surface area contributed by atoms with Gasteiger partial charge in [-0.25, -0.2) is 9.13 Å². The Kier molecular flexibility index (Phi) is 85.8. The molecule has 0 radical (unpaired) electrons. The largest absolute Gasteiger partial charge is 0.472 e. The lowest BCUT2D eigenvalue weighted by Crippen LogP contribution is -2.30. The fraction of sp³-hybridized carbons (Fsp3) is 0.667. The molecule has 0 aromatic heterocycles. The van der Waals surface area contributed by atoms with Gasteiger partial charge in [-0.1, -0.05) is 370 Å². The molecule has 0 saturated carbocycles. The molecule has 5 unspecified atom stereocenters. The molecule has 0 saturated heterocycles. The predicted molar refractivity (Wildman–Crippen MR) is 491 cm³/mol. The van der Waals surface area contributed by atoms with Gasteiger partial charge in [0.05, 0.1) is 26.4 Å². The lowest BCUT2D eigenvalue weighted by molar-refractivity contribution is -0.161. The first-order valence-corrected chi connectivity index (χ1v) is 49.1. The van der Waals surface area contributed by atoms with Crippen LogP contribution in [0.1, 0.15) is 367 Å². The Labute approximate surface area is 713 Å². The van der Waals surface area contributed by atoms with Crippen LogP contribution in [0.5, 0.6) is 0 Å². The molecule has 16 nitrogen and oxygen atoms in total. The number of rotatable bonds is 86. The van der Waals surface area contributed by atoms with E-state index in [0.29, 0.717) is 19.3 Å². The van der Waals surface area contributed by atoms with Crippen molar-refractivity contribution >= 4 is 33.6 Å². The number of carbonyl (C=O) groups is 3. The molecule has 0 aliphatic carbocycles. The molecule has 0 rings (SSSR count). The lowest BCUT2D eigenvalue weighted by Gasteiger charge is -2.21. The fourth-order valence-electron chi connectivity index (χ4n) is 12.2. The van der Waals surface area contributed by atoms with Crippen LogP contribution in [0.3, 0.4) is 0 Å². The summed E-state index contributed by atoms with van der Waals surface area (Å²) >= 11 is 0. The van der Waals surface area contributed by atoms with E-state index < -0.39 is 91.5 Å². The van der Waals surface area contributed by atoms with Crippen LogP contribution in [0.4, 0.5) is 0 Å². The molecule has 0 aliphatic rings. The third kappa shape index (κ3) is 91.2. The number of carbonyl (C=O) groups excluding carboxylic acids is 3. The molecule has 0 aliphatic heterocycles. The SMILES string of the molecule is CC/C=C\C/C=C\C/C=C\C/C=C\C/C=C\C/C=C\CCCCCCCCCCCCC(=O)OCC(O)COP(=O)(O)OCC(O)COP(=O)(O)OCC(COC(=O)CCCCCCCCCCCCC/C=C\C/C=C\C/C=C\C/C=C\C/C=C\CC)OC(=O)CCCCCCCCCCC/C=C\C/C=C\C/C=C\C/C=C\CCCCC. The minimum atomic E-state index is -4.95. The number of unbranched alkanes of at least 4 members (excludes halogenated alkanes) is 33. The topological polar surface area (TPSA) is 231 Å². The van der Waals surface area contributed by atoms with Crippen LogP contribution in [0.15, 0.2) is 182 Å². The van der Waals surface area contributed by atoms with Crippen LogP contribution < -0.4 is 0 Å². The minimum absolute atomic E-state index is 0.0918. The summed E-state index contributed by atoms with van der Waals surface area (Å²) in [5, 5.41) is 20.7. The van der Waals surface area contributed by atoms with E-state index >= 15 is 0 Å². The van der Waals surface area contributed by atoms with Crippen LogP contribution in [-0.4, -0.2) is 95.9 Å². The summed E-state index contributed by atoms with van der Waals surface area (Å²) < 4.78 is 61.5. The van der Waals surface area contributed by atoms with E-state index in [2.05, 4.69) is 203 Å². The maximum absolute atomic E-state index is 13.1. The van der Waals surface area contributed by atoms with Gasteiger partial charge in [0.15, 0.2) is 6.10 Å². The van der Waals surface area contributed by atoms with Gasteiger partial charge in [-0.2, -0.15) is 0 Å². The van der Waals surface area contributed by atoms with E-state index in [4.69, 9.17) is 32.3 Å². The fourth-order valence-corrected chi connectivity index (χ4v) is 13.8. The molecule has 0 spiro atoms. The van der Waals surface area contributed by atoms with E-state index in [1.54, 1.807) is 0 Å². The van der Waals surface area contributed by atoms with Crippen LogP contribution in [-0.2, 0) is 55.8 Å². The normalized spacial score (nSPS) is 14.6. The maximum Gasteiger partial charge on any atom is 0.472 e. The molecule has 0 aromatic rings. The second kappa shape index (κ2) is 89.9. The summed E-state index contributed by atoms with van der Waals surface area (Å²) in [4.78, 5) is 59.0. The Morgan fingerprint density at radius 2 is 0.453 bits per heavy atom. The van der Waals surface area contributed by atoms with Gasteiger partial charge in [-0.15, -0.1) is 0 Å². The highest BCUT2D eigenvalue weighted by Crippen LogP contribution is 2.45. The molecule has 0 heterocycles. The summed E-state index contributed by atoms with van der Waals surface area (Å²) in [6, 6.07) is 0. The Bertz CT molecular complexity index is 2860. The highest BCUT2D eigenvalue weighted by atomic mass is 31.2. The standard InChI is InChI=1S/C99H166O16P2/c1-4-7-10-13-16-19-22-25-28-31-34-37-40-43-45-46-48-51-52-55-58-61-64-67-70-73-76-79-82-85-97(102)109-88-94(100)89-111-116(105,106)112-90-95(101)91-113-117(107,108)114-93-96(115-99(104)87-84-81-78-75-72-69-66-63-60-57-54-49-42-39-36-33-30-27-24-21-18-15-12-9-6-3)92-110-98(103)86-83-80-77-74-71-68-65-62-59-56-53-50-47-44-41-38-35-32-29-26-23-20-17-14-11-8-5-2/h7-8,10-11,16-21,25-30,34-39,43-45,47-49,51,54,94-96,100-101H,4-6,9,12-15,22-24,31-33,40-42,46,50,52-53,55-93H2,1-3H3,(H,105,106)(H,107,108)/b10-7-,11-8-,19-16-,20-17-,21-18-,28-25-,29-26-,30-27-,37-34-,38-35-,39-36-,45-43-,47-44-,51-48-,54-49-. The summed E-state index contributed by atoms with van der Waals surface area (Å²) in [6.07, 6.45) is 118. The molecule has 0 aromatic carbocycles. The van der Waals surface area contributed by atoms with E-state index in [1.807, 2.05) is 0 Å². The molecule has 0 fully saturated rings. The van der Waals surface area contributed by atoms with Gasteiger partial charge in [0.2, 0.25) is 0 Å². The average Bonchev–Trinajstić information content (AvgIpc) is 0.904. The van der Waals surface area contributed by atoms with Gasteiger partial charge in [0, 0.05) is 19.3 Å². The Morgan fingerprint density at radius 3 is 0.718 bits per heavy atom. The van der Waals surface area contributed by atoms with Gasteiger partial charge in [0.1, 0.15) is 25.4 Å². The third-order valence-electron chi connectivity index (χ3n) is 19.1. The quantitative estimate of drug-likeness (QED) is 0.0146. The van der Waals surface area contributed by atoms with Crippen LogP contribution in [0.25, 0.3) is 0 Å². The summed E-state index contributed by atoms with van der Waals surface area (Å²) in [6.45, 7) is 2.45. The van der Waals surface area contributed by atoms with Crippen molar-refractivity contribution in [3.63, 3.8) is 0 Å². The van der Waals surface area contributed by atoms with E-state index in [9.17, 15) is 43.5 Å². The molecular formula is C99H166O16P2. The number of esters is 3. The van der Waals surface area contributed by atoms with Crippen LogP contribution >= 0.6 is 15.6 Å². The Balaban J connectivity index is 4.68. The van der Waals surface area contributed by atoms with Gasteiger partial charge in [-0.05, 0) is 161 Å². The van der Waals surface area contributed by atoms with Crippen molar-refractivity contribution < 1.29 is 75.8 Å². The van der Waals surface area contributed by atoms with E-state index in [1.165, 1.54) is 122 Å². The van der Waals surface area contributed by atoms with Crippen molar-refractivity contribution in [3.8, 4) is 0 Å². The third-order valence-corrected chi connectivity index (χ3v) is 21.0. The molecule has 117 heavy (non-hydrogen) atoms.